The van der Waals surface area contributed by atoms with Crippen LogP contribution in [0, 0.1) is 12.7 Å². The van der Waals surface area contributed by atoms with Crippen molar-refractivity contribution in [1.82, 2.24) is 30.1 Å². The number of halogens is 1. The molecule has 0 unspecified atom stereocenters. The van der Waals surface area contributed by atoms with E-state index in [-0.39, 0.29) is 24.2 Å². The number of nitrogens with one attached hydrogen (secondary N) is 1. The predicted molar refractivity (Wildman–Crippen MR) is 147 cm³/mol. The molecular weight excluding hydrogens is 511 g/mol. The van der Waals surface area contributed by atoms with Crippen LogP contribution in [-0.2, 0) is 19.6 Å². The molecule has 3 heterocycles. The zero-order chi connectivity index (χ0) is 27.6. The molecule has 6 rings (SSSR count). The number of H-pyrrole nitrogens is 1. The van der Waals surface area contributed by atoms with Crippen molar-refractivity contribution < 1.29 is 13.9 Å². The number of benzene rings is 3. The second-order valence-electron chi connectivity index (χ2n) is 10.1. The molecule has 0 bridgehead atoms. The van der Waals surface area contributed by atoms with Gasteiger partial charge in [-0.25, -0.2) is 9.07 Å². The largest absolute Gasteiger partial charge is 0.454 e. The van der Waals surface area contributed by atoms with Crippen molar-refractivity contribution in [3.05, 3.63) is 111 Å². The van der Waals surface area contributed by atoms with E-state index in [0.29, 0.717) is 48.9 Å². The SMILES string of the molecule is CC[C@@H](c1nnnn1Cc1ccc(F)cc1)N(Cc1ccc2c(c1)OCO2)Cc1cc2ccc(C)cc2[nH]c1=O. The molecule has 10 heteroatoms. The summed E-state index contributed by atoms with van der Waals surface area (Å²) < 4.78 is 26.3. The Morgan fingerprint density at radius 2 is 1.80 bits per heavy atom. The summed E-state index contributed by atoms with van der Waals surface area (Å²) in [6.07, 6.45) is 0.693. The first-order valence-corrected chi connectivity index (χ1v) is 13.2. The third-order valence-electron chi connectivity index (χ3n) is 7.21. The lowest BCUT2D eigenvalue weighted by molar-refractivity contribution is 0.161. The van der Waals surface area contributed by atoms with Crippen molar-refractivity contribution in [3.8, 4) is 11.5 Å². The van der Waals surface area contributed by atoms with Gasteiger partial charge in [0.15, 0.2) is 17.3 Å². The molecular formula is C30H29FN6O3. The summed E-state index contributed by atoms with van der Waals surface area (Å²) in [5.41, 5.74) is 4.30. The minimum atomic E-state index is -0.294. The third kappa shape index (κ3) is 5.30. The summed E-state index contributed by atoms with van der Waals surface area (Å²) in [4.78, 5) is 18.5. The number of hydrogen-bond donors (Lipinski definition) is 1. The summed E-state index contributed by atoms with van der Waals surface area (Å²) in [6, 6.07) is 19.9. The topological polar surface area (TPSA) is 98.2 Å². The molecule has 40 heavy (non-hydrogen) atoms. The van der Waals surface area contributed by atoms with E-state index in [1.807, 2.05) is 49.4 Å². The number of pyridine rings is 1. The van der Waals surface area contributed by atoms with Gasteiger partial charge in [0.25, 0.3) is 5.56 Å². The van der Waals surface area contributed by atoms with Crippen molar-refractivity contribution in [3.63, 3.8) is 0 Å². The molecule has 9 nitrogen and oxygen atoms in total. The van der Waals surface area contributed by atoms with Crippen LogP contribution in [0.2, 0.25) is 0 Å². The molecule has 0 saturated carbocycles. The molecule has 0 radical (unpaired) electrons. The maximum atomic E-state index is 13.5. The minimum Gasteiger partial charge on any atom is -0.454 e. The molecule has 1 aliphatic heterocycles. The van der Waals surface area contributed by atoms with E-state index in [1.54, 1.807) is 16.8 Å². The Morgan fingerprint density at radius 3 is 2.62 bits per heavy atom. The summed E-state index contributed by atoms with van der Waals surface area (Å²) in [5.74, 6) is 1.79. The highest BCUT2D eigenvalue weighted by Gasteiger charge is 2.27. The summed E-state index contributed by atoms with van der Waals surface area (Å²) in [5, 5.41) is 13.6. The van der Waals surface area contributed by atoms with E-state index in [1.165, 1.54) is 12.1 Å². The highest BCUT2D eigenvalue weighted by atomic mass is 19.1. The van der Waals surface area contributed by atoms with Gasteiger partial charge in [0.1, 0.15) is 5.82 Å². The Kier molecular flexibility index (Phi) is 7.00. The second kappa shape index (κ2) is 10.9. The highest BCUT2D eigenvalue weighted by molar-refractivity contribution is 5.79. The van der Waals surface area contributed by atoms with Crippen molar-refractivity contribution in [2.75, 3.05) is 6.79 Å². The first-order chi connectivity index (χ1) is 19.5. The number of nitrogens with zero attached hydrogens (tertiary/aromatic N) is 5. The fraction of sp³-hybridized carbons (Fsp3) is 0.267. The smallest absolute Gasteiger partial charge is 0.252 e. The molecule has 0 saturated heterocycles. The van der Waals surface area contributed by atoms with Gasteiger partial charge in [0.2, 0.25) is 6.79 Å². The normalized spacial score (nSPS) is 13.3. The van der Waals surface area contributed by atoms with Crippen LogP contribution in [-0.4, -0.2) is 36.9 Å². The van der Waals surface area contributed by atoms with E-state index in [9.17, 15) is 9.18 Å². The fourth-order valence-electron chi connectivity index (χ4n) is 5.18. The van der Waals surface area contributed by atoms with Crippen LogP contribution in [0.4, 0.5) is 4.39 Å². The standard InChI is InChI=1S/C30H29FN6O3/c1-3-26(29-33-34-35-37(29)16-20-5-9-24(31)10-6-20)36(15-21-7-11-27-28(13-21)40-18-39-27)17-23-14-22-8-4-19(2)12-25(22)32-30(23)38/h4-14,26H,3,15-18H2,1-2H3,(H,32,38)/t26-/m0/s1. The van der Waals surface area contributed by atoms with Crippen molar-refractivity contribution in [1.29, 1.82) is 0 Å². The molecule has 1 aliphatic rings. The van der Waals surface area contributed by atoms with Gasteiger partial charge in [-0.1, -0.05) is 37.3 Å². The van der Waals surface area contributed by atoms with Gasteiger partial charge in [-0.3, -0.25) is 9.69 Å². The molecule has 2 aromatic heterocycles. The van der Waals surface area contributed by atoms with Crippen LogP contribution in [0.25, 0.3) is 10.9 Å². The van der Waals surface area contributed by atoms with Crippen molar-refractivity contribution in [2.45, 2.75) is 45.9 Å². The number of ether oxygens (including phenoxy) is 2. The number of tetrazole rings is 1. The highest BCUT2D eigenvalue weighted by Crippen LogP contribution is 2.34. The average Bonchev–Trinajstić information content (AvgIpc) is 3.60. The van der Waals surface area contributed by atoms with E-state index >= 15 is 0 Å². The lowest BCUT2D eigenvalue weighted by atomic mass is 10.1. The predicted octanol–water partition coefficient (Wildman–Crippen LogP) is 4.89. The van der Waals surface area contributed by atoms with Crippen LogP contribution >= 0.6 is 0 Å². The van der Waals surface area contributed by atoms with E-state index in [2.05, 4.69) is 32.3 Å². The molecule has 3 aromatic carbocycles. The number of hydrogen-bond acceptors (Lipinski definition) is 7. The molecule has 1 N–H and O–H groups in total. The van der Waals surface area contributed by atoms with Gasteiger partial charge in [0, 0.05) is 24.2 Å². The van der Waals surface area contributed by atoms with Crippen molar-refractivity contribution >= 4 is 10.9 Å². The van der Waals surface area contributed by atoms with Crippen LogP contribution in [0.1, 0.15) is 47.5 Å². The zero-order valence-corrected chi connectivity index (χ0v) is 22.3. The maximum absolute atomic E-state index is 13.5. The van der Waals surface area contributed by atoms with E-state index < -0.39 is 0 Å². The average molecular weight is 541 g/mol. The number of aromatic nitrogens is 5. The van der Waals surface area contributed by atoms with Crippen LogP contribution in [0.15, 0.2) is 71.5 Å². The quantitative estimate of drug-likeness (QED) is 0.284. The van der Waals surface area contributed by atoms with Crippen LogP contribution < -0.4 is 15.0 Å². The Labute approximate surface area is 230 Å². The number of rotatable bonds is 9. The van der Waals surface area contributed by atoms with Crippen LogP contribution in [0.3, 0.4) is 0 Å². The van der Waals surface area contributed by atoms with Gasteiger partial charge in [-0.15, -0.1) is 5.10 Å². The molecule has 0 fully saturated rings. The third-order valence-corrected chi connectivity index (χ3v) is 7.21. The number of fused-ring (bicyclic) bond motifs is 2. The maximum Gasteiger partial charge on any atom is 0.252 e. The molecule has 204 valence electrons. The fourth-order valence-corrected chi connectivity index (χ4v) is 5.18. The summed E-state index contributed by atoms with van der Waals surface area (Å²) in [7, 11) is 0. The number of aromatic amines is 1. The van der Waals surface area contributed by atoms with Gasteiger partial charge in [0.05, 0.1) is 12.6 Å². The summed E-state index contributed by atoms with van der Waals surface area (Å²) >= 11 is 0. The first kappa shape index (κ1) is 25.7. The lowest BCUT2D eigenvalue weighted by Gasteiger charge is -2.30. The van der Waals surface area contributed by atoms with Crippen molar-refractivity contribution in [2.24, 2.45) is 0 Å². The van der Waals surface area contributed by atoms with Gasteiger partial charge < -0.3 is 14.5 Å². The van der Waals surface area contributed by atoms with Gasteiger partial charge in [-0.05, 0) is 82.2 Å². The first-order valence-electron chi connectivity index (χ1n) is 13.2. The Hall–Kier alpha value is -4.57. The monoisotopic (exact) mass is 540 g/mol. The Morgan fingerprint density at radius 1 is 1.00 bits per heavy atom. The lowest BCUT2D eigenvalue weighted by Crippen LogP contribution is -2.32. The van der Waals surface area contributed by atoms with E-state index in [0.717, 1.165) is 27.6 Å². The molecule has 5 aromatic rings. The van der Waals surface area contributed by atoms with Gasteiger partial charge in [-0.2, -0.15) is 0 Å². The molecule has 1 atom stereocenters. The second-order valence-corrected chi connectivity index (χ2v) is 10.1. The Balaban J connectivity index is 1.36. The Bertz CT molecular complexity index is 1720. The molecule has 0 aliphatic carbocycles. The number of aryl methyl sites for hydroxylation is 1. The minimum absolute atomic E-state index is 0.130. The van der Waals surface area contributed by atoms with Gasteiger partial charge >= 0.3 is 0 Å². The zero-order valence-electron chi connectivity index (χ0n) is 22.3. The summed E-state index contributed by atoms with van der Waals surface area (Å²) in [6.45, 7) is 5.55. The van der Waals surface area contributed by atoms with Crippen LogP contribution in [0.5, 0.6) is 11.5 Å². The molecule has 0 spiro atoms. The molecule has 0 amide bonds. The van der Waals surface area contributed by atoms with E-state index in [4.69, 9.17) is 9.47 Å².